The first-order chi connectivity index (χ1) is 11.8. The highest BCUT2D eigenvalue weighted by Crippen LogP contribution is 2.17. The second kappa shape index (κ2) is 10.2. The van der Waals surface area contributed by atoms with E-state index in [1.54, 1.807) is 19.2 Å². The van der Waals surface area contributed by atoms with Gasteiger partial charge in [-0.3, -0.25) is 4.99 Å². The molecular weight excluding hydrogens is 531 g/mol. The minimum Gasteiger partial charge on any atom is -0.352 e. The number of nitrogens with zero attached hydrogens (tertiary/aromatic N) is 2. The van der Waals surface area contributed by atoms with Crippen LogP contribution in [-0.4, -0.2) is 33.4 Å². The van der Waals surface area contributed by atoms with Crippen LogP contribution in [0, 0.1) is 0 Å². The molecule has 0 aliphatic carbocycles. The average molecular weight is 553 g/mol. The highest BCUT2D eigenvalue weighted by atomic mass is 127. The van der Waals surface area contributed by atoms with E-state index in [0.717, 1.165) is 15.6 Å². The lowest BCUT2D eigenvalue weighted by atomic mass is 10.2. The molecular formula is C17H22BrIN4O2S. The second-order valence-electron chi connectivity index (χ2n) is 5.54. The highest BCUT2D eigenvalue weighted by Gasteiger charge is 2.10. The molecule has 0 aromatic heterocycles. The van der Waals surface area contributed by atoms with Crippen molar-refractivity contribution in [1.29, 1.82) is 0 Å². The summed E-state index contributed by atoms with van der Waals surface area (Å²) in [6.45, 7) is 1.12. The fourth-order valence-corrected chi connectivity index (χ4v) is 3.35. The van der Waals surface area contributed by atoms with E-state index >= 15 is 0 Å². The molecule has 142 valence electrons. The first-order valence-corrected chi connectivity index (χ1v) is 9.92. The van der Waals surface area contributed by atoms with E-state index in [0.29, 0.717) is 19.0 Å². The molecule has 0 spiro atoms. The smallest absolute Gasteiger partial charge is 0.238 e. The summed E-state index contributed by atoms with van der Waals surface area (Å²) < 4.78 is 23.9. The SMILES string of the molecule is CN=C(NCc1cccc(S(N)(=O)=O)c1)N(C)Cc1ccccc1Br.I. The third-order valence-electron chi connectivity index (χ3n) is 3.62. The maximum absolute atomic E-state index is 11.4. The number of benzene rings is 2. The zero-order valence-electron chi connectivity index (χ0n) is 14.5. The fraction of sp³-hybridized carbons (Fsp3) is 0.235. The summed E-state index contributed by atoms with van der Waals surface area (Å²) >= 11 is 3.54. The third-order valence-corrected chi connectivity index (χ3v) is 5.30. The molecule has 0 fully saturated rings. The minimum atomic E-state index is -3.70. The van der Waals surface area contributed by atoms with Crippen LogP contribution in [0.25, 0.3) is 0 Å². The molecule has 0 amide bonds. The van der Waals surface area contributed by atoms with Gasteiger partial charge in [0.25, 0.3) is 0 Å². The van der Waals surface area contributed by atoms with Crippen LogP contribution in [0.2, 0.25) is 0 Å². The fourth-order valence-electron chi connectivity index (χ4n) is 2.36. The van der Waals surface area contributed by atoms with Crippen molar-refractivity contribution < 1.29 is 8.42 Å². The Morgan fingerprint density at radius 2 is 1.92 bits per heavy atom. The molecule has 3 N–H and O–H groups in total. The number of sulfonamides is 1. The maximum Gasteiger partial charge on any atom is 0.238 e. The number of halogens is 2. The second-order valence-corrected chi connectivity index (χ2v) is 7.96. The molecule has 0 saturated heterocycles. The number of primary sulfonamides is 1. The number of guanidine groups is 1. The lowest BCUT2D eigenvalue weighted by molar-refractivity contribution is 0.475. The normalized spacial score (nSPS) is 11.6. The maximum atomic E-state index is 11.4. The molecule has 6 nitrogen and oxygen atoms in total. The van der Waals surface area contributed by atoms with Crippen molar-refractivity contribution in [3.63, 3.8) is 0 Å². The summed E-state index contributed by atoms with van der Waals surface area (Å²) in [5.41, 5.74) is 1.95. The molecule has 0 bridgehead atoms. The van der Waals surface area contributed by atoms with E-state index in [4.69, 9.17) is 5.14 Å². The van der Waals surface area contributed by atoms with E-state index in [9.17, 15) is 8.42 Å². The van der Waals surface area contributed by atoms with Gasteiger partial charge in [-0.1, -0.05) is 46.3 Å². The molecule has 0 aliphatic rings. The summed E-state index contributed by atoms with van der Waals surface area (Å²) in [4.78, 5) is 6.36. The van der Waals surface area contributed by atoms with Gasteiger partial charge in [-0.25, -0.2) is 13.6 Å². The van der Waals surface area contributed by atoms with E-state index in [2.05, 4.69) is 26.2 Å². The van der Waals surface area contributed by atoms with Crippen molar-refractivity contribution in [2.45, 2.75) is 18.0 Å². The molecule has 0 radical (unpaired) electrons. The van der Waals surface area contributed by atoms with Crippen LogP contribution in [0.4, 0.5) is 0 Å². The molecule has 26 heavy (non-hydrogen) atoms. The molecule has 2 rings (SSSR count). The number of rotatable bonds is 5. The summed E-state index contributed by atoms with van der Waals surface area (Å²) in [6.07, 6.45) is 0. The van der Waals surface area contributed by atoms with Gasteiger partial charge in [0.05, 0.1) is 4.90 Å². The molecule has 2 aromatic carbocycles. The Kier molecular flexibility index (Phi) is 9.01. The van der Waals surface area contributed by atoms with Gasteiger partial charge < -0.3 is 10.2 Å². The Morgan fingerprint density at radius 3 is 2.54 bits per heavy atom. The molecule has 9 heteroatoms. The number of nitrogens with one attached hydrogen (secondary N) is 1. The van der Waals surface area contributed by atoms with E-state index in [1.165, 1.54) is 6.07 Å². The lowest BCUT2D eigenvalue weighted by Crippen LogP contribution is -2.38. The summed E-state index contributed by atoms with van der Waals surface area (Å²) in [7, 11) is -0.0569. The third kappa shape index (κ3) is 6.53. The largest absolute Gasteiger partial charge is 0.352 e. The first kappa shape index (κ1) is 22.9. The standard InChI is InChI=1S/C17H21BrN4O2S.HI/c1-20-17(22(2)12-14-7-3-4-9-16(14)18)21-11-13-6-5-8-15(10-13)25(19,23)24;/h3-10H,11-12H2,1-2H3,(H,20,21)(H2,19,23,24);1H. The quantitative estimate of drug-likeness (QED) is 0.339. The van der Waals surface area contributed by atoms with Crippen molar-refractivity contribution in [2.24, 2.45) is 10.1 Å². The van der Waals surface area contributed by atoms with Crippen molar-refractivity contribution in [1.82, 2.24) is 10.2 Å². The average Bonchev–Trinajstić information content (AvgIpc) is 2.57. The topological polar surface area (TPSA) is 87.8 Å². The first-order valence-electron chi connectivity index (χ1n) is 7.58. The van der Waals surface area contributed by atoms with E-state index in [1.807, 2.05) is 42.3 Å². The van der Waals surface area contributed by atoms with Gasteiger partial charge in [0.2, 0.25) is 10.0 Å². The van der Waals surface area contributed by atoms with Gasteiger partial charge in [0.1, 0.15) is 0 Å². The molecule has 0 aliphatic heterocycles. The molecule has 0 heterocycles. The van der Waals surface area contributed by atoms with Crippen LogP contribution in [0.15, 0.2) is 62.9 Å². The Morgan fingerprint density at radius 1 is 1.23 bits per heavy atom. The van der Waals surface area contributed by atoms with Crippen LogP contribution >= 0.6 is 39.9 Å². The molecule has 0 atom stereocenters. The van der Waals surface area contributed by atoms with Crippen molar-refractivity contribution in [3.8, 4) is 0 Å². The summed E-state index contributed by atoms with van der Waals surface area (Å²) in [5, 5.41) is 8.40. The number of hydrogen-bond acceptors (Lipinski definition) is 3. The predicted octanol–water partition coefficient (Wildman–Crippen LogP) is 2.92. The van der Waals surface area contributed by atoms with Crippen LogP contribution in [-0.2, 0) is 23.1 Å². The minimum absolute atomic E-state index is 0. The number of aliphatic imine (C=N–C) groups is 1. The number of hydrogen-bond donors (Lipinski definition) is 2. The van der Waals surface area contributed by atoms with Gasteiger partial charge in [-0.2, -0.15) is 0 Å². The summed E-state index contributed by atoms with van der Waals surface area (Å²) in [6, 6.07) is 14.5. The van der Waals surface area contributed by atoms with E-state index < -0.39 is 10.0 Å². The van der Waals surface area contributed by atoms with Crippen molar-refractivity contribution >= 4 is 55.9 Å². The van der Waals surface area contributed by atoms with Gasteiger partial charge in [0, 0.05) is 31.7 Å². The van der Waals surface area contributed by atoms with Crippen LogP contribution < -0.4 is 10.5 Å². The Balaban J connectivity index is 0.00000338. The molecule has 2 aromatic rings. The van der Waals surface area contributed by atoms with E-state index in [-0.39, 0.29) is 28.9 Å². The molecule has 0 unspecified atom stereocenters. The van der Waals surface area contributed by atoms with Crippen molar-refractivity contribution in [2.75, 3.05) is 14.1 Å². The molecule has 0 saturated carbocycles. The Hall–Kier alpha value is -1.17. The Labute approximate surface area is 180 Å². The van der Waals surface area contributed by atoms with Crippen LogP contribution in [0.1, 0.15) is 11.1 Å². The lowest BCUT2D eigenvalue weighted by Gasteiger charge is -2.23. The van der Waals surface area contributed by atoms with Gasteiger partial charge in [-0.15, -0.1) is 24.0 Å². The van der Waals surface area contributed by atoms with Gasteiger partial charge >= 0.3 is 0 Å². The van der Waals surface area contributed by atoms with Gasteiger partial charge in [0.15, 0.2) is 5.96 Å². The Bertz CT molecular complexity index is 875. The monoisotopic (exact) mass is 552 g/mol. The van der Waals surface area contributed by atoms with Crippen molar-refractivity contribution in [3.05, 3.63) is 64.1 Å². The zero-order chi connectivity index (χ0) is 18.4. The predicted molar refractivity (Wildman–Crippen MR) is 119 cm³/mol. The zero-order valence-corrected chi connectivity index (χ0v) is 19.2. The highest BCUT2D eigenvalue weighted by molar-refractivity contribution is 14.0. The van der Waals surface area contributed by atoms with Crippen LogP contribution in [0.3, 0.4) is 0 Å². The van der Waals surface area contributed by atoms with Crippen LogP contribution in [0.5, 0.6) is 0 Å². The van der Waals surface area contributed by atoms with Gasteiger partial charge in [-0.05, 0) is 29.3 Å². The number of nitrogens with two attached hydrogens (primary N) is 1. The summed E-state index contributed by atoms with van der Waals surface area (Å²) in [5.74, 6) is 0.705.